The zero-order valence-electron chi connectivity index (χ0n) is 19.8. The Kier molecular flexibility index (Phi) is 7.86. The van der Waals surface area contributed by atoms with E-state index in [9.17, 15) is 24.0 Å². The first kappa shape index (κ1) is 26.4. The number of likely N-dealkylation sites (tertiary alicyclic amines) is 1. The topological polar surface area (TPSA) is 128 Å². The molecule has 3 amide bonds. The molecule has 176 valence electrons. The summed E-state index contributed by atoms with van der Waals surface area (Å²) in [6.07, 6.45) is -2.89. The van der Waals surface area contributed by atoms with Crippen LogP contribution in [0, 0.1) is 5.92 Å². The first-order valence-electron chi connectivity index (χ1n) is 10.2. The van der Waals surface area contributed by atoms with Crippen molar-refractivity contribution in [1.82, 2.24) is 10.2 Å². The summed E-state index contributed by atoms with van der Waals surface area (Å²) in [6.45, 7) is 14.5. The molecular formula is C21H34N2O8. The smallest absolute Gasteiger partial charge is 0.417 e. The second-order valence-electron chi connectivity index (χ2n) is 9.72. The molecule has 1 aliphatic heterocycles. The van der Waals surface area contributed by atoms with Gasteiger partial charge in [-0.3, -0.25) is 19.7 Å². The van der Waals surface area contributed by atoms with Crippen LogP contribution in [0.5, 0.6) is 0 Å². The van der Waals surface area contributed by atoms with Gasteiger partial charge in [0.05, 0.1) is 13.0 Å². The lowest BCUT2D eigenvalue weighted by molar-refractivity contribution is -0.150. The van der Waals surface area contributed by atoms with Crippen molar-refractivity contribution in [3.63, 3.8) is 0 Å². The van der Waals surface area contributed by atoms with Gasteiger partial charge in [-0.15, -0.1) is 0 Å². The van der Waals surface area contributed by atoms with Crippen molar-refractivity contribution in [2.45, 2.75) is 91.5 Å². The van der Waals surface area contributed by atoms with Crippen LogP contribution in [0.1, 0.15) is 68.7 Å². The molecule has 0 aromatic rings. The summed E-state index contributed by atoms with van der Waals surface area (Å²) >= 11 is 0. The number of alkyl carbamates (subject to hydrolysis) is 1. The second-order valence-corrected chi connectivity index (χ2v) is 9.72. The molecule has 0 bridgehead atoms. The molecule has 0 aromatic carbocycles. The molecule has 0 radical (unpaired) electrons. The molecule has 1 saturated heterocycles. The summed E-state index contributed by atoms with van der Waals surface area (Å²) in [5.74, 6) is -3.26. The molecule has 2 unspecified atom stereocenters. The zero-order valence-corrected chi connectivity index (χ0v) is 19.8. The van der Waals surface area contributed by atoms with Gasteiger partial charge in [-0.05, 0) is 54.4 Å². The van der Waals surface area contributed by atoms with Crippen molar-refractivity contribution in [3.8, 4) is 0 Å². The SMILES string of the molecule is CCOC(=O)CC1(NC(=O)OC(C)(C)C)C(=O)C(C(C)C)N(C(=O)OC(C)(C)C)C1=O. The summed E-state index contributed by atoms with van der Waals surface area (Å²) in [5, 5.41) is 2.26. The number of hydrogen-bond acceptors (Lipinski definition) is 8. The van der Waals surface area contributed by atoms with Gasteiger partial charge in [0.15, 0.2) is 11.3 Å². The fourth-order valence-electron chi connectivity index (χ4n) is 3.14. The lowest BCUT2D eigenvalue weighted by atomic mass is 9.87. The third kappa shape index (κ3) is 6.41. The van der Waals surface area contributed by atoms with Gasteiger partial charge >= 0.3 is 18.2 Å². The largest absolute Gasteiger partial charge is 0.466 e. The molecule has 1 heterocycles. The minimum Gasteiger partial charge on any atom is -0.466 e. The predicted octanol–water partition coefficient (Wildman–Crippen LogP) is 2.57. The first-order valence-corrected chi connectivity index (χ1v) is 10.2. The van der Waals surface area contributed by atoms with E-state index >= 15 is 0 Å². The van der Waals surface area contributed by atoms with E-state index in [0.717, 1.165) is 0 Å². The fourth-order valence-corrected chi connectivity index (χ4v) is 3.14. The first-order chi connectivity index (χ1) is 13.9. The van der Waals surface area contributed by atoms with Crippen LogP contribution in [0.25, 0.3) is 0 Å². The highest BCUT2D eigenvalue weighted by Crippen LogP contribution is 2.34. The summed E-state index contributed by atoms with van der Waals surface area (Å²) in [6, 6.07) is -1.24. The Hall–Kier alpha value is -2.65. The minimum atomic E-state index is -2.35. The van der Waals surface area contributed by atoms with E-state index in [1.807, 2.05) is 0 Å². The Morgan fingerprint density at radius 2 is 1.55 bits per heavy atom. The summed E-state index contributed by atoms with van der Waals surface area (Å²) in [7, 11) is 0. The van der Waals surface area contributed by atoms with E-state index in [2.05, 4.69) is 5.32 Å². The van der Waals surface area contributed by atoms with Crippen molar-refractivity contribution >= 4 is 29.8 Å². The molecule has 0 spiro atoms. The highest BCUT2D eigenvalue weighted by Gasteiger charge is 2.64. The van der Waals surface area contributed by atoms with Gasteiger partial charge < -0.3 is 14.2 Å². The predicted molar refractivity (Wildman–Crippen MR) is 110 cm³/mol. The van der Waals surface area contributed by atoms with Gasteiger partial charge in [0.1, 0.15) is 17.2 Å². The molecular weight excluding hydrogens is 408 g/mol. The molecule has 1 aliphatic rings. The third-order valence-corrected chi connectivity index (χ3v) is 4.20. The van der Waals surface area contributed by atoms with Gasteiger partial charge in [-0.1, -0.05) is 13.8 Å². The van der Waals surface area contributed by atoms with Crippen LogP contribution in [0.2, 0.25) is 0 Å². The molecule has 31 heavy (non-hydrogen) atoms. The third-order valence-electron chi connectivity index (χ3n) is 4.20. The van der Waals surface area contributed by atoms with E-state index in [0.29, 0.717) is 4.90 Å². The second kappa shape index (κ2) is 9.23. The van der Waals surface area contributed by atoms with Crippen LogP contribution in [0.4, 0.5) is 9.59 Å². The number of amides is 3. The zero-order chi connectivity index (χ0) is 24.4. The number of rotatable bonds is 5. The van der Waals surface area contributed by atoms with Gasteiger partial charge in [0.2, 0.25) is 0 Å². The molecule has 10 heteroatoms. The van der Waals surface area contributed by atoms with E-state index < -0.39 is 65.0 Å². The number of ether oxygens (including phenoxy) is 3. The standard InChI is InChI=1S/C21H34N2O8/c1-10-29-13(24)11-21(22-17(27)30-19(4,5)6)15(25)14(12(2)3)23(16(21)26)18(28)31-20(7,8)9/h12,14H,10-11H2,1-9H3,(H,22,27). The maximum Gasteiger partial charge on any atom is 0.417 e. The highest BCUT2D eigenvalue weighted by atomic mass is 16.6. The summed E-state index contributed by atoms with van der Waals surface area (Å²) < 4.78 is 15.4. The van der Waals surface area contributed by atoms with Crippen LogP contribution in [0.3, 0.4) is 0 Å². The number of Topliss-reactive ketones (excluding diaryl/α,β-unsaturated/α-hetero) is 1. The number of nitrogens with zero attached hydrogens (tertiary/aromatic N) is 1. The van der Waals surface area contributed by atoms with Gasteiger partial charge in [0.25, 0.3) is 5.91 Å². The average Bonchev–Trinajstić information content (AvgIpc) is 2.73. The Bertz CT molecular complexity index is 747. The molecule has 1 fully saturated rings. The van der Waals surface area contributed by atoms with Crippen molar-refractivity contribution in [2.24, 2.45) is 5.92 Å². The Morgan fingerprint density at radius 1 is 1.03 bits per heavy atom. The van der Waals surface area contributed by atoms with Crippen molar-refractivity contribution in [2.75, 3.05) is 6.61 Å². The van der Waals surface area contributed by atoms with E-state index in [-0.39, 0.29) is 6.61 Å². The maximum absolute atomic E-state index is 13.5. The maximum atomic E-state index is 13.5. The summed E-state index contributed by atoms with van der Waals surface area (Å²) in [4.78, 5) is 65.2. The van der Waals surface area contributed by atoms with Crippen molar-refractivity contribution in [3.05, 3.63) is 0 Å². The average molecular weight is 443 g/mol. The molecule has 2 atom stereocenters. The number of carbonyl (C=O) groups is 5. The van der Waals surface area contributed by atoms with Crippen LogP contribution in [0.15, 0.2) is 0 Å². The number of hydrogen-bond donors (Lipinski definition) is 1. The van der Waals surface area contributed by atoms with Crippen LogP contribution < -0.4 is 5.32 Å². The van der Waals surface area contributed by atoms with Crippen LogP contribution in [-0.2, 0) is 28.6 Å². The number of esters is 1. The normalized spacial score (nSPS) is 21.9. The van der Waals surface area contributed by atoms with Gasteiger partial charge in [-0.2, -0.15) is 0 Å². The van der Waals surface area contributed by atoms with E-state index in [4.69, 9.17) is 14.2 Å². The molecule has 1 rings (SSSR count). The lowest BCUT2D eigenvalue weighted by Crippen LogP contribution is -2.60. The van der Waals surface area contributed by atoms with Gasteiger partial charge in [0, 0.05) is 0 Å². The van der Waals surface area contributed by atoms with Crippen molar-refractivity contribution < 1.29 is 38.2 Å². The minimum absolute atomic E-state index is 0.00706. The van der Waals surface area contributed by atoms with Gasteiger partial charge in [-0.25, -0.2) is 14.5 Å². The number of nitrogens with one attached hydrogen (secondary N) is 1. The molecule has 1 N–H and O–H groups in total. The quantitative estimate of drug-likeness (QED) is 0.391. The number of imide groups is 1. The monoisotopic (exact) mass is 442 g/mol. The van der Waals surface area contributed by atoms with Crippen LogP contribution >= 0.6 is 0 Å². The Morgan fingerprint density at radius 3 is 1.97 bits per heavy atom. The number of ketones is 1. The summed E-state index contributed by atoms with van der Waals surface area (Å²) in [5.41, 5.74) is -4.21. The van der Waals surface area contributed by atoms with E-state index in [1.165, 1.54) is 0 Å². The Labute approximate surface area is 182 Å². The Balaban J connectivity index is 3.50. The van der Waals surface area contributed by atoms with E-state index in [1.54, 1.807) is 62.3 Å². The fraction of sp³-hybridized carbons (Fsp3) is 0.762. The molecule has 0 saturated carbocycles. The molecule has 10 nitrogen and oxygen atoms in total. The van der Waals surface area contributed by atoms with Crippen LogP contribution in [-0.4, -0.2) is 64.1 Å². The molecule has 0 aromatic heterocycles. The highest BCUT2D eigenvalue weighted by molar-refractivity contribution is 6.25. The van der Waals surface area contributed by atoms with Crippen molar-refractivity contribution in [1.29, 1.82) is 0 Å². The molecule has 0 aliphatic carbocycles. The number of carbonyl (C=O) groups excluding carboxylic acids is 5. The lowest BCUT2D eigenvalue weighted by Gasteiger charge is -2.29.